The van der Waals surface area contributed by atoms with Crippen LogP contribution in [0, 0.1) is 6.92 Å². The molecule has 1 aliphatic rings. The molecule has 31 heavy (non-hydrogen) atoms. The molecule has 2 aromatic heterocycles. The highest BCUT2D eigenvalue weighted by Crippen LogP contribution is 2.56. The summed E-state index contributed by atoms with van der Waals surface area (Å²) in [6.45, 7) is 1.91. The van der Waals surface area contributed by atoms with Gasteiger partial charge in [-0.05, 0) is 49.4 Å². The van der Waals surface area contributed by atoms with Crippen molar-refractivity contribution in [3.63, 3.8) is 0 Å². The second kappa shape index (κ2) is 6.43. The molecule has 0 fully saturated rings. The molecule has 3 aromatic carbocycles. The normalized spacial score (nSPS) is 13.2. The number of halogens is 2. The molecule has 1 N–H and O–H groups in total. The van der Waals surface area contributed by atoms with Gasteiger partial charge in [-0.3, -0.25) is 0 Å². The summed E-state index contributed by atoms with van der Waals surface area (Å²) in [5, 5.41) is 1.82. The quantitative estimate of drug-likeness (QED) is 0.303. The number of anilines is 2. The molecule has 6 nitrogen and oxygen atoms in total. The van der Waals surface area contributed by atoms with Crippen LogP contribution in [0.25, 0.3) is 32.6 Å². The van der Waals surface area contributed by atoms with Gasteiger partial charge in [0.15, 0.2) is 0 Å². The Morgan fingerprint density at radius 2 is 1.81 bits per heavy atom. The summed E-state index contributed by atoms with van der Waals surface area (Å²) in [7, 11) is -3.77. The first-order valence-electron chi connectivity index (χ1n) is 9.24. The van der Waals surface area contributed by atoms with E-state index >= 15 is 0 Å². The van der Waals surface area contributed by atoms with Crippen LogP contribution in [0.2, 0.25) is 10.0 Å². The van der Waals surface area contributed by atoms with E-state index in [2.05, 4.69) is 15.0 Å². The van der Waals surface area contributed by atoms with Gasteiger partial charge in [0, 0.05) is 0 Å². The van der Waals surface area contributed by atoms with Crippen LogP contribution >= 0.6 is 34.5 Å². The summed E-state index contributed by atoms with van der Waals surface area (Å²) in [6.07, 6.45) is 0. The predicted molar refractivity (Wildman–Crippen MR) is 125 cm³/mol. The van der Waals surface area contributed by atoms with Crippen molar-refractivity contribution in [3.8, 4) is 11.4 Å². The van der Waals surface area contributed by atoms with Crippen LogP contribution in [-0.2, 0) is 10.0 Å². The summed E-state index contributed by atoms with van der Waals surface area (Å²) in [5.74, 6) is 0.481. The minimum Gasteiger partial charge on any atom is -0.338 e. The number of nitrogens with one attached hydrogen (secondary N) is 1. The average Bonchev–Trinajstić information content (AvgIpc) is 3.13. The zero-order chi connectivity index (χ0) is 21.5. The van der Waals surface area contributed by atoms with Crippen molar-refractivity contribution in [2.45, 2.75) is 11.8 Å². The Hall–Kier alpha value is -2.65. The molecule has 0 saturated heterocycles. The van der Waals surface area contributed by atoms with Crippen molar-refractivity contribution in [1.29, 1.82) is 0 Å². The lowest BCUT2D eigenvalue weighted by Crippen LogP contribution is -2.14. The monoisotopic (exact) mass is 486 g/mol. The molecule has 3 heterocycles. The third-order valence-corrected chi connectivity index (χ3v) is 8.46. The highest BCUT2D eigenvalue weighted by molar-refractivity contribution is 7.93. The fraction of sp³-hybridized carbons (Fsp3) is 0.0476. The fourth-order valence-corrected chi connectivity index (χ4v) is 6.66. The minimum atomic E-state index is -3.77. The Morgan fingerprint density at radius 3 is 2.58 bits per heavy atom. The molecule has 1 aliphatic heterocycles. The van der Waals surface area contributed by atoms with E-state index in [1.165, 1.54) is 4.31 Å². The largest absolute Gasteiger partial charge is 0.338 e. The van der Waals surface area contributed by atoms with Gasteiger partial charge in [0.2, 0.25) is 0 Å². The molecule has 0 aliphatic carbocycles. The van der Waals surface area contributed by atoms with Gasteiger partial charge in [0.25, 0.3) is 10.0 Å². The molecule has 0 unspecified atom stereocenters. The van der Waals surface area contributed by atoms with Gasteiger partial charge in [-0.15, -0.1) is 11.3 Å². The molecule has 0 radical (unpaired) electrons. The first-order valence-corrected chi connectivity index (χ1v) is 12.3. The van der Waals surface area contributed by atoms with Gasteiger partial charge in [0.1, 0.15) is 17.0 Å². The van der Waals surface area contributed by atoms with E-state index in [9.17, 15) is 8.42 Å². The Bertz CT molecular complexity index is 1640. The number of aromatic nitrogens is 3. The smallest absolute Gasteiger partial charge is 0.268 e. The van der Waals surface area contributed by atoms with Crippen molar-refractivity contribution < 1.29 is 8.42 Å². The standard InChI is InChI=1S/C21H12Cl2N4O2S2/c1-10-24-19-17(30-10)8-7-16-20(19)27(16)31(28,29)11-5-6-14-15(9-11)26-21(25-14)18-12(22)3-2-4-13(18)23/h2-9H,1H3,(H,25,26). The Labute approximate surface area is 191 Å². The zero-order valence-electron chi connectivity index (χ0n) is 15.8. The van der Waals surface area contributed by atoms with Gasteiger partial charge in [-0.2, -0.15) is 0 Å². The van der Waals surface area contributed by atoms with Crippen LogP contribution in [0.3, 0.4) is 0 Å². The number of thiazole rings is 1. The van der Waals surface area contributed by atoms with Gasteiger partial charge in [0.05, 0.1) is 46.9 Å². The highest BCUT2D eigenvalue weighted by atomic mass is 35.5. The maximum absolute atomic E-state index is 13.4. The van der Waals surface area contributed by atoms with E-state index in [1.807, 2.05) is 19.1 Å². The molecule has 0 bridgehead atoms. The van der Waals surface area contributed by atoms with Crippen molar-refractivity contribution in [3.05, 3.63) is 63.6 Å². The second-order valence-electron chi connectivity index (χ2n) is 7.14. The molecule has 0 amide bonds. The van der Waals surface area contributed by atoms with Crippen LogP contribution in [-0.4, -0.2) is 23.4 Å². The minimum absolute atomic E-state index is 0.164. The van der Waals surface area contributed by atoms with Crippen molar-refractivity contribution in [1.82, 2.24) is 15.0 Å². The summed E-state index contributed by atoms with van der Waals surface area (Å²) >= 11 is 14.1. The number of rotatable bonds is 3. The van der Waals surface area contributed by atoms with Gasteiger partial charge < -0.3 is 4.98 Å². The number of imidazole rings is 1. The first-order chi connectivity index (χ1) is 14.8. The molecule has 0 saturated carbocycles. The fourth-order valence-electron chi connectivity index (χ4n) is 3.75. The SMILES string of the molecule is Cc1nc2c3c(ccc2s1)N3S(=O)(=O)c1ccc2nc(-c3c(Cl)cccc3Cl)[nH]c2c1. The number of benzene rings is 3. The maximum atomic E-state index is 13.4. The zero-order valence-corrected chi connectivity index (χ0v) is 19.0. The lowest BCUT2D eigenvalue weighted by molar-refractivity contribution is 0.598. The third kappa shape index (κ3) is 2.79. The van der Waals surface area contributed by atoms with E-state index in [4.69, 9.17) is 23.2 Å². The molecular formula is C21H12Cl2N4O2S2. The summed E-state index contributed by atoms with van der Waals surface area (Å²) in [4.78, 5) is 12.3. The van der Waals surface area contributed by atoms with Crippen molar-refractivity contribution in [2.24, 2.45) is 0 Å². The van der Waals surface area contributed by atoms with Crippen LogP contribution in [0.5, 0.6) is 0 Å². The molecule has 10 heteroatoms. The lowest BCUT2D eigenvalue weighted by atomic mass is 10.2. The summed E-state index contributed by atoms with van der Waals surface area (Å²) < 4.78 is 29.0. The topological polar surface area (TPSA) is 78.7 Å². The van der Waals surface area contributed by atoms with Gasteiger partial charge in [-0.1, -0.05) is 29.3 Å². The molecule has 0 spiro atoms. The number of hydrogen-bond donors (Lipinski definition) is 1. The summed E-state index contributed by atoms with van der Waals surface area (Å²) in [6, 6.07) is 13.7. The first kappa shape index (κ1) is 19.1. The predicted octanol–water partition coefficient (Wildman–Crippen LogP) is 6.30. The lowest BCUT2D eigenvalue weighted by Gasteiger charge is -2.05. The van der Waals surface area contributed by atoms with Crippen molar-refractivity contribution in [2.75, 3.05) is 4.31 Å². The van der Waals surface area contributed by atoms with E-state index in [0.717, 1.165) is 15.2 Å². The van der Waals surface area contributed by atoms with E-state index in [-0.39, 0.29) is 4.90 Å². The van der Waals surface area contributed by atoms with E-state index < -0.39 is 10.0 Å². The number of aryl methyl sites for hydroxylation is 1. The molecule has 6 rings (SSSR count). The third-order valence-electron chi connectivity index (χ3n) is 5.18. The molecule has 0 atom stereocenters. The average molecular weight is 487 g/mol. The molecular weight excluding hydrogens is 475 g/mol. The van der Waals surface area contributed by atoms with Crippen LogP contribution in [0.1, 0.15) is 5.01 Å². The van der Waals surface area contributed by atoms with Crippen LogP contribution in [0.15, 0.2) is 53.4 Å². The second-order valence-corrected chi connectivity index (χ2v) is 11.0. The molecule has 5 aromatic rings. The van der Waals surface area contributed by atoms with Crippen LogP contribution < -0.4 is 4.31 Å². The molecule has 154 valence electrons. The Morgan fingerprint density at radius 1 is 1.03 bits per heavy atom. The van der Waals surface area contributed by atoms with Crippen molar-refractivity contribution >= 4 is 77.2 Å². The Kier molecular flexibility index (Phi) is 3.95. The number of nitrogens with zero attached hydrogens (tertiary/aromatic N) is 3. The number of H-pyrrole nitrogens is 1. The highest BCUT2D eigenvalue weighted by Gasteiger charge is 2.43. The number of aromatic amines is 1. The number of sulfonamides is 1. The number of hydrogen-bond acceptors (Lipinski definition) is 5. The van der Waals surface area contributed by atoms with E-state index in [1.54, 1.807) is 47.7 Å². The van der Waals surface area contributed by atoms with E-state index in [0.29, 0.717) is 43.8 Å². The van der Waals surface area contributed by atoms with Crippen LogP contribution in [0.4, 0.5) is 11.4 Å². The Balaban J connectivity index is 1.44. The maximum Gasteiger partial charge on any atom is 0.268 e. The summed E-state index contributed by atoms with van der Waals surface area (Å²) in [5.41, 5.74) is 3.80. The van der Waals surface area contributed by atoms with Gasteiger partial charge in [-0.25, -0.2) is 22.7 Å². The van der Waals surface area contributed by atoms with Gasteiger partial charge >= 0.3 is 0 Å². The number of fused-ring (bicyclic) bond motifs is 4.